The van der Waals surface area contributed by atoms with Crippen molar-refractivity contribution in [3.05, 3.63) is 0 Å². The van der Waals surface area contributed by atoms with E-state index in [1.165, 1.54) is 45.3 Å². The van der Waals surface area contributed by atoms with Crippen molar-refractivity contribution in [2.24, 2.45) is 5.92 Å². The smallest absolute Gasteiger partial charge is 0.0195 e. The quantitative estimate of drug-likeness (QED) is 0.749. The third-order valence-electron chi connectivity index (χ3n) is 3.59. The van der Waals surface area contributed by atoms with E-state index in [1.54, 1.807) is 0 Å². The zero-order valence-electron chi connectivity index (χ0n) is 11.6. The van der Waals surface area contributed by atoms with Crippen LogP contribution in [-0.2, 0) is 0 Å². The molecule has 1 rings (SSSR count). The molecule has 0 bridgehead atoms. The molecule has 0 spiro atoms. The van der Waals surface area contributed by atoms with Crippen molar-refractivity contribution in [3.63, 3.8) is 0 Å². The molecule has 1 saturated heterocycles. The number of hydrogen-bond donors (Lipinski definition) is 1. The molecular formula is C14H30N2. The average Bonchev–Trinajstić information content (AvgIpc) is 2.25. The Hall–Kier alpha value is -0.0800. The first-order valence-electron chi connectivity index (χ1n) is 7.07. The van der Waals surface area contributed by atoms with E-state index in [0.29, 0.717) is 6.04 Å². The Morgan fingerprint density at radius 2 is 1.94 bits per heavy atom. The lowest BCUT2D eigenvalue weighted by atomic mass is 10.0. The molecular weight excluding hydrogens is 196 g/mol. The first-order chi connectivity index (χ1) is 7.59. The molecule has 0 amide bonds. The van der Waals surface area contributed by atoms with E-state index in [0.717, 1.165) is 12.0 Å². The van der Waals surface area contributed by atoms with Crippen LogP contribution in [0.5, 0.6) is 0 Å². The topological polar surface area (TPSA) is 15.3 Å². The van der Waals surface area contributed by atoms with E-state index in [1.807, 2.05) is 0 Å². The summed E-state index contributed by atoms with van der Waals surface area (Å²) >= 11 is 0. The second-order valence-corrected chi connectivity index (χ2v) is 5.92. The Morgan fingerprint density at radius 3 is 2.44 bits per heavy atom. The summed E-state index contributed by atoms with van der Waals surface area (Å²) in [5, 5.41) is 3.65. The lowest BCUT2D eigenvalue weighted by Crippen LogP contribution is -2.46. The molecule has 0 aliphatic carbocycles. The monoisotopic (exact) mass is 226 g/mol. The van der Waals surface area contributed by atoms with Crippen LogP contribution in [0.15, 0.2) is 0 Å². The molecule has 1 unspecified atom stereocenters. The van der Waals surface area contributed by atoms with Gasteiger partial charge in [0.15, 0.2) is 0 Å². The summed E-state index contributed by atoms with van der Waals surface area (Å²) in [7, 11) is 0. The third-order valence-corrected chi connectivity index (χ3v) is 3.59. The Balaban J connectivity index is 2.31. The second kappa shape index (κ2) is 7.29. The van der Waals surface area contributed by atoms with Gasteiger partial charge in [-0.15, -0.1) is 0 Å². The molecule has 16 heavy (non-hydrogen) atoms. The third kappa shape index (κ3) is 5.31. The summed E-state index contributed by atoms with van der Waals surface area (Å²) in [6.07, 6.45) is 5.47. The minimum Gasteiger partial charge on any atom is -0.313 e. The molecule has 0 saturated carbocycles. The highest BCUT2D eigenvalue weighted by Crippen LogP contribution is 2.12. The van der Waals surface area contributed by atoms with Crippen molar-refractivity contribution in [3.8, 4) is 0 Å². The normalized spacial score (nSPS) is 22.3. The van der Waals surface area contributed by atoms with Gasteiger partial charge in [-0.1, -0.05) is 20.3 Å². The number of nitrogens with zero attached hydrogens (tertiary/aromatic N) is 1. The Bertz CT molecular complexity index is 172. The largest absolute Gasteiger partial charge is 0.313 e. The van der Waals surface area contributed by atoms with Crippen LogP contribution >= 0.6 is 0 Å². The number of rotatable bonds is 6. The molecule has 2 nitrogen and oxygen atoms in total. The van der Waals surface area contributed by atoms with E-state index in [-0.39, 0.29) is 0 Å². The van der Waals surface area contributed by atoms with Gasteiger partial charge in [-0.25, -0.2) is 0 Å². The highest BCUT2D eigenvalue weighted by molar-refractivity contribution is 4.77. The van der Waals surface area contributed by atoms with Crippen molar-refractivity contribution in [2.75, 3.05) is 19.6 Å². The van der Waals surface area contributed by atoms with E-state index in [2.05, 4.69) is 37.9 Å². The van der Waals surface area contributed by atoms with Crippen LogP contribution in [0.1, 0.15) is 53.4 Å². The summed E-state index contributed by atoms with van der Waals surface area (Å²) in [4.78, 5) is 2.64. The predicted molar refractivity (Wildman–Crippen MR) is 71.8 cm³/mol. The van der Waals surface area contributed by atoms with Crippen LogP contribution in [0.25, 0.3) is 0 Å². The average molecular weight is 226 g/mol. The predicted octanol–water partition coefficient (Wildman–Crippen LogP) is 2.89. The van der Waals surface area contributed by atoms with Gasteiger partial charge < -0.3 is 5.32 Å². The summed E-state index contributed by atoms with van der Waals surface area (Å²) in [5.41, 5.74) is 0. The second-order valence-electron chi connectivity index (χ2n) is 5.92. The highest BCUT2D eigenvalue weighted by Gasteiger charge is 2.18. The van der Waals surface area contributed by atoms with Gasteiger partial charge in [0.1, 0.15) is 0 Å². The molecule has 1 heterocycles. The van der Waals surface area contributed by atoms with Gasteiger partial charge >= 0.3 is 0 Å². The number of nitrogens with one attached hydrogen (secondary N) is 1. The van der Waals surface area contributed by atoms with Crippen LogP contribution in [-0.4, -0.2) is 36.6 Å². The SMILES string of the molecule is CC(C)CCN(CC1CCCCN1)C(C)C. The molecule has 1 fully saturated rings. The molecule has 96 valence electrons. The van der Waals surface area contributed by atoms with Crippen LogP contribution in [0, 0.1) is 5.92 Å². The minimum absolute atomic E-state index is 0.683. The van der Waals surface area contributed by atoms with Crippen molar-refractivity contribution in [1.82, 2.24) is 10.2 Å². The summed E-state index contributed by atoms with van der Waals surface area (Å²) in [5.74, 6) is 0.820. The fraction of sp³-hybridized carbons (Fsp3) is 1.00. The molecule has 1 aliphatic heterocycles. The van der Waals surface area contributed by atoms with Crippen LogP contribution in [0.2, 0.25) is 0 Å². The minimum atomic E-state index is 0.683. The van der Waals surface area contributed by atoms with Crippen molar-refractivity contribution in [2.45, 2.75) is 65.5 Å². The van der Waals surface area contributed by atoms with Gasteiger partial charge in [-0.3, -0.25) is 4.90 Å². The summed E-state index contributed by atoms with van der Waals surface area (Å²) in [6.45, 7) is 13.0. The van der Waals surface area contributed by atoms with Crippen molar-refractivity contribution in [1.29, 1.82) is 0 Å². The Kier molecular flexibility index (Phi) is 6.37. The lowest BCUT2D eigenvalue weighted by Gasteiger charge is -2.33. The number of piperidine rings is 1. The Morgan fingerprint density at radius 1 is 1.19 bits per heavy atom. The lowest BCUT2D eigenvalue weighted by molar-refractivity contribution is 0.176. The molecule has 0 aromatic rings. The molecule has 0 aromatic heterocycles. The maximum absolute atomic E-state index is 3.65. The first kappa shape index (κ1) is 14.0. The Labute approximate surface area is 102 Å². The molecule has 1 N–H and O–H groups in total. The van der Waals surface area contributed by atoms with Crippen molar-refractivity contribution < 1.29 is 0 Å². The maximum atomic E-state index is 3.65. The van der Waals surface area contributed by atoms with Crippen LogP contribution in [0.4, 0.5) is 0 Å². The molecule has 0 aromatic carbocycles. The van der Waals surface area contributed by atoms with Crippen LogP contribution in [0.3, 0.4) is 0 Å². The first-order valence-corrected chi connectivity index (χ1v) is 7.07. The highest BCUT2D eigenvalue weighted by atomic mass is 15.2. The van der Waals surface area contributed by atoms with E-state index >= 15 is 0 Å². The van der Waals surface area contributed by atoms with Gasteiger partial charge in [0.25, 0.3) is 0 Å². The zero-order valence-corrected chi connectivity index (χ0v) is 11.6. The van der Waals surface area contributed by atoms with E-state index in [9.17, 15) is 0 Å². The molecule has 0 radical (unpaired) electrons. The fourth-order valence-electron chi connectivity index (χ4n) is 2.35. The summed E-state index contributed by atoms with van der Waals surface area (Å²) in [6, 6.07) is 1.42. The summed E-state index contributed by atoms with van der Waals surface area (Å²) < 4.78 is 0. The van der Waals surface area contributed by atoms with Gasteiger partial charge in [0.2, 0.25) is 0 Å². The van der Waals surface area contributed by atoms with Crippen LogP contribution < -0.4 is 5.32 Å². The van der Waals surface area contributed by atoms with Gasteiger partial charge in [0.05, 0.1) is 0 Å². The van der Waals surface area contributed by atoms with Gasteiger partial charge in [-0.2, -0.15) is 0 Å². The maximum Gasteiger partial charge on any atom is 0.0195 e. The van der Waals surface area contributed by atoms with Gasteiger partial charge in [0, 0.05) is 18.6 Å². The number of hydrogen-bond acceptors (Lipinski definition) is 2. The van der Waals surface area contributed by atoms with E-state index < -0.39 is 0 Å². The van der Waals surface area contributed by atoms with Crippen molar-refractivity contribution >= 4 is 0 Å². The standard InChI is InChI=1S/C14H30N2/c1-12(2)8-10-16(13(3)4)11-14-7-5-6-9-15-14/h12-15H,5-11H2,1-4H3. The fourth-order valence-corrected chi connectivity index (χ4v) is 2.35. The van der Waals surface area contributed by atoms with Gasteiger partial charge in [-0.05, 0) is 52.1 Å². The molecule has 2 heteroatoms. The van der Waals surface area contributed by atoms with E-state index in [4.69, 9.17) is 0 Å². The molecule has 1 atom stereocenters. The molecule has 1 aliphatic rings. The zero-order chi connectivity index (χ0) is 12.0.